The third-order valence-corrected chi connectivity index (χ3v) is 6.26. The number of ether oxygens (including phenoxy) is 2. The second-order valence-electron chi connectivity index (χ2n) is 8.41. The Labute approximate surface area is 228 Å². The Balaban J connectivity index is 1.85. The molecule has 1 N–H and O–H groups in total. The molecule has 0 spiro atoms. The molecule has 2 amide bonds. The van der Waals surface area contributed by atoms with Gasteiger partial charge in [0.1, 0.15) is 11.8 Å². The molecule has 0 radical (unpaired) electrons. The minimum Gasteiger partial charge on any atom is -0.482 e. The molecule has 0 aliphatic heterocycles. The third kappa shape index (κ3) is 9.39. The quantitative estimate of drug-likeness (QED) is 0.271. The number of carbonyl (C=O) groups is 2. The summed E-state index contributed by atoms with van der Waals surface area (Å²) in [7, 11) is 0. The normalized spacial score (nSPS) is 11.5. The van der Waals surface area contributed by atoms with Crippen molar-refractivity contribution < 1.29 is 19.1 Å². The lowest BCUT2D eigenvalue weighted by Gasteiger charge is -2.31. The minimum absolute atomic E-state index is 0.214. The van der Waals surface area contributed by atoms with Crippen LogP contribution in [0.5, 0.6) is 5.75 Å². The van der Waals surface area contributed by atoms with Crippen LogP contribution in [0.15, 0.2) is 78.9 Å². The van der Waals surface area contributed by atoms with E-state index in [-0.39, 0.29) is 25.0 Å². The molecular weight excluding hydrogens is 511 g/mol. The van der Waals surface area contributed by atoms with Crippen molar-refractivity contribution in [2.45, 2.75) is 32.4 Å². The van der Waals surface area contributed by atoms with Crippen LogP contribution >= 0.6 is 23.2 Å². The maximum Gasteiger partial charge on any atom is 0.261 e. The van der Waals surface area contributed by atoms with Gasteiger partial charge in [-0.25, -0.2) is 0 Å². The molecule has 0 unspecified atom stereocenters. The van der Waals surface area contributed by atoms with Crippen molar-refractivity contribution in [1.82, 2.24) is 10.2 Å². The number of nitrogens with one attached hydrogen (secondary N) is 1. The number of halogens is 2. The van der Waals surface area contributed by atoms with Gasteiger partial charge in [-0.2, -0.15) is 0 Å². The first-order chi connectivity index (χ1) is 18.0. The summed E-state index contributed by atoms with van der Waals surface area (Å²) in [5, 5.41) is 3.98. The van der Waals surface area contributed by atoms with E-state index in [4.69, 9.17) is 32.7 Å². The van der Waals surface area contributed by atoms with E-state index >= 15 is 0 Å². The zero-order valence-electron chi connectivity index (χ0n) is 20.9. The lowest BCUT2D eigenvalue weighted by Crippen LogP contribution is -2.52. The highest BCUT2D eigenvalue weighted by Gasteiger charge is 2.30. The maximum atomic E-state index is 13.6. The summed E-state index contributed by atoms with van der Waals surface area (Å²) in [6.45, 7) is 3.51. The average molecular weight is 543 g/mol. The number of carbonyl (C=O) groups excluding carboxylic acids is 2. The topological polar surface area (TPSA) is 67.9 Å². The summed E-state index contributed by atoms with van der Waals surface area (Å²) in [5.74, 6) is -0.162. The summed E-state index contributed by atoms with van der Waals surface area (Å²) in [5.41, 5.74) is 1.79. The van der Waals surface area contributed by atoms with Crippen LogP contribution in [0.3, 0.4) is 0 Å². The van der Waals surface area contributed by atoms with Crippen LogP contribution < -0.4 is 10.1 Å². The van der Waals surface area contributed by atoms with Crippen molar-refractivity contribution in [1.29, 1.82) is 0 Å². The molecule has 0 fully saturated rings. The largest absolute Gasteiger partial charge is 0.482 e. The van der Waals surface area contributed by atoms with E-state index < -0.39 is 6.04 Å². The molecule has 6 nitrogen and oxygen atoms in total. The molecule has 0 heterocycles. The van der Waals surface area contributed by atoms with Gasteiger partial charge in [0.2, 0.25) is 5.91 Å². The predicted octanol–water partition coefficient (Wildman–Crippen LogP) is 5.56. The van der Waals surface area contributed by atoms with E-state index in [1.54, 1.807) is 41.3 Å². The first-order valence-corrected chi connectivity index (χ1v) is 13.0. The Morgan fingerprint density at radius 2 is 1.62 bits per heavy atom. The minimum atomic E-state index is -0.757. The Kier molecular flexibility index (Phi) is 11.8. The zero-order valence-corrected chi connectivity index (χ0v) is 22.4. The third-order valence-electron chi connectivity index (χ3n) is 5.69. The van der Waals surface area contributed by atoms with Crippen LogP contribution in [0.4, 0.5) is 0 Å². The number of hydrogen-bond donors (Lipinski definition) is 1. The van der Waals surface area contributed by atoms with Gasteiger partial charge >= 0.3 is 0 Å². The molecule has 0 saturated carbocycles. The lowest BCUT2D eigenvalue weighted by atomic mass is 10.0. The van der Waals surface area contributed by atoms with Crippen LogP contribution in [0.25, 0.3) is 0 Å². The van der Waals surface area contributed by atoms with E-state index in [9.17, 15) is 9.59 Å². The van der Waals surface area contributed by atoms with Crippen LogP contribution in [-0.2, 0) is 27.3 Å². The van der Waals surface area contributed by atoms with E-state index in [1.807, 2.05) is 49.4 Å². The van der Waals surface area contributed by atoms with Crippen LogP contribution in [0, 0.1) is 0 Å². The van der Waals surface area contributed by atoms with E-state index in [0.29, 0.717) is 48.4 Å². The van der Waals surface area contributed by atoms with Gasteiger partial charge in [0.15, 0.2) is 6.61 Å². The van der Waals surface area contributed by atoms with Gasteiger partial charge < -0.3 is 19.7 Å². The molecule has 196 valence electrons. The van der Waals surface area contributed by atoms with Crippen molar-refractivity contribution >= 4 is 35.0 Å². The highest BCUT2D eigenvalue weighted by molar-refractivity contribution is 6.32. The monoisotopic (exact) mass is 542 g/mol. The van der Waals surface area contributed by atoms with Gasteiger partial charge in [0.25, 0.3) is 5.91 Å². The number of nitrogens with zero attached hydrogens (tertiary/aromatic N) is 1. The molecule has 0 aromatic heterocycles. The summed E-state index contributed by atoms with van der Waals surface area (Å²) < 4.78 is 11.1. The molecule has 8 heteroatoms. The van der Waals surface area contributed by atoms with Crippen molar-refractivity contribution in [2.75, 3.05) is 26.4 Å². The fourth-order valence-electron chi connectivity index (χ4n) is 3.77. The van der Waals surface area contributed by atoms with Crippen molar-refractivity contribution in [3.05, 3.63) is 100 Å². The fourth-order valence-corrected chi connectivity index (χ4v) is 4.09. The van der Waals surface area contributed by atoms with Gasteiger partial charge in [0.05, 0.1) is 5.02 Å². The number of hydrogen-bond acceptors (Lipinski definition) is 4. The molecule has 3 aromatic carbocycles. The molecule has 0 aliphatic carbocycles. The Morgan fingerprint density at radius 3 is 2.32 bits per heavy atom. The van der Waals surface area contributed by atoms with Crippen molar-refractivity contribution in [2.24, 2.45) is 0 Å². The van der Waals surface area contributed by atoms with Crippen LogP contribution in [-0.4, -0.2) is 49.1 Å². The van der Waals surface area contributed by atoms with Gasteiger partial charge in [0, 0.05) is 37.7 Å². The summed E-state index contributed by atoms with van der Waals surface area (Å²) in [6.07, 6.45) is 1.03. The van der Waals surface area contributed by atoms with Gasteiger partial charge in [-0.15, -0.1) is 0 Å². The predicted molar refractivity (Wildman–Crippen MR) is 147 cm³/mol. The van der Waals surface area contributed by atoms with Crippen LogP contribution in [0.1, 0.15) is 24.5 Å². The number of amides is 2. The molecule has 3 aromatic rings. The highest BCUT2D eigenvalue weighted by Crippen LogP contribution is 2.23. The average Bonchev–Trinajstić information content (AvgIpc) is 2.91. The van der Waals surface area contributed by atoms with E-state index in [0.717, 1.165) is 11.1 Å². The SMILES string of the molecule is CCOCCCNC(=O)[C@H](Cc1ccccc1)N(Cc1ccc(Cl)cc1)C(=O)COc1ccccc1Cl. The van der Waals surface area contributed by atoms with Gasteiger partial charge in [-0.05, 0) is 48.7 Å². The smallest absolute Gasteiger partial charge is 0.261 e. The Hall–Kier alpha value is -3.06. The first-order valence-electron chi connectivity index (χ1n) is 12.3. The highest BCUT2D eigenvalue weighted by atomic mass is 35.5. The number of benzene rings is 3. The first kappa shape index (κ1) is 28.5. The molecule has 0 bridgehead atoms. The maximum absolute atomic E-state index is 13.6. The van der Waals surface area contributed by atoms with E-state index in [1.165, 1.54) is 0 Å². The van der Waals surface area contributed by atoms with Crippen LogP contribution in [0.2, 0.25) is 10.0 Å². The lowest BCUT2D eigenvalue weighted by molar-refractivity contribution is -0.142. The standard InChI is InChI=1S/C29H32Cl2N2O4/c1-2-36-18-8-17-32-29(35)26(19-22-9-4-3-5-10-22)33(20-23-13-15-24(30)16-14-23)28(34)21-37-27-12-7-6-11-25(27)31/h3-7,9-16,26H,2,8,17-21H2,1H3,(H,32,35)/t26-/m0/s1. The van der Waals surface area contributed by atoms with Crippen molar-refractivity contribution in [3.63, 3.8) is 0 Å². The zero-order chi connectivity index (χ0) is 26.5. The Bertz CT molecular complexity index is 1130. The molecule has 37 heavy (non-hydrogen) atoms. The Morgan fingerprint density at radius 1 is 0.919 bits per heavy atom. The van der Waals surface area contributed by atoms with E-state index in [2.05, 4.69) is 5.32 Å². The van der Waals surface area contributed by atoms with Crippen molar-refractivity contribution in [3.8, 4) is 5.75 Å². The molecular formula is C29H32Cl2N2O4. The number of rotatable bonds is 14. The van der Waals surface area contributed by atoms with Gasteiger partial charge in [-0.3, -0.25) is 9.59 Å². The number of para-hydroxylation sites is 1. The molecule has 0 saturated heterocycles. The van der Waals surface area contributed by atoms with Gasteiger partial charge in [-0.1, -0.05) is 77.8 Å². The summed E-state index contributed by atoms with van der Waals surface area (Å²) in [4.78, 5) is 28.6. The second-order valence-corrected chi connectivity index (χ2v) is 9.26. The fraction of sp³-hybridized carbons (Fsp3) is 0.310. The summed E-state index contributed by atoms with van der Waals surface area (Å²) in [6, 6.07) is 23.1. The molecule has 1 atom stereocenters. The molecule has 0 aliphatic rings. The second kappa shape index (κ2) is 15.3. The molecule has 3 rings (SSSR count). The summed E-state index contributed by atoms with van der Waals surface area (Å²) >= 11 is 12.3.